The number of rotatable bonds is 7. The van der Waals surface area contributed by atoms with Crippen molar-refractivity contribution in [2.75, 3.05) is 6.54 Å². The third-order valence-electron chi connectivity index (χ3n) is 5.59. The van der Waals surface area contributed by atoms with Gasteiger partial charge in [-0.15, -0.1) is 0 Å². The molecule has 4 rings (SSSR count). The molecule has 0 spiro atoms. The number of aromatic nitrogens is 3. The first-order valence-corrected chi connectivity index (χ1v) is 11.4. The molecule has 2 aromatic carbocycles. The highest BCUT2D eigenvalue weighted by Crippen LogP contribution is 2.22. The molecule has 8 heteroatoms. The maximum absolute atomic E-state index is 13.2. The van der Waals surface area contributed by atoms with Gasteiger partial charge in [-0.1, -0.05) is 30.3 Å². The van der Waals surface area contributed by atoms with Crippen LogP contribution in [0.4, 0.5) is 4.79 Å². The number of alkyl carbamates (subject to hydrolysis) is 1. The van der Waals surface area contributed by atoms with E-state index in [9.17, 15) is 9.59 Å². The molecule has 2 amide bonds. The van der Waals surface area contributed by atoms with Gasteiger partial charge in [0.25, 0.3) is 0 Å². The fourth-order valence-electron chi connectivity index (χ4n) is 4.08. The summed E-state index contributed by atoms with van der Waals surface area (Å²) in [5.41, 5.74) is 3.31. The van der Waals surface area contributed by atoms with E-state index in [2.05, 4.69) is 15.6 Å². The van der Waals surface area contributed by atoms with Gasteiger partial charge in [0, 0.05) is 43.7 Å². The Kier molecular flexibility index (Phi) is 6.58. The van der Waals surface area contributed by atoms with Crippen LogP contribution in [0.5, 0.6) is 0 Å². The van der Waals surface area contributed by atoms with E-state index < -0.39 is 17.7 Å². The number of ether oxygens (including phenoxy) is 1. The Hall–Kier alpha value is -3.81. The smallest absolute Gasteiger partial charge is 0.408 e. The second-order valence-corrected chi connectivity index (χ2v) is 9.40. The molecule has 0 aliphatic carbocycles. The van der Waals surface area contributed by atoms with Crippen LogP contribution in [-0.4, -0.2) is 44.3 Å². The fraction of sp³-hybridized carbons (Fsp3) is 0.346. The zero-order chi connectivity index (χ0) is 24.3. The SMILES string of the molecule is Cn1cc(C[C@@H](NC(=O)OC(C)(C)C)C(=O)NCCn2cnc3ccccc32)c2ccccc21. The topological polar surface area (TPSA) is 90.2 Å². The van der Waals surface area contributed by atoms with Gasteiger partial charge in [0.15, 0.2) is 0 Å². The Morgan fingerprint density at radius 1 is 1.06 bits per heavy atom. The molecular weight excluding hydrogens is 430 g/mol. The standard InChI is InChI=1S/C26H31N5O3/c1-26(2,3)34-25(33)29-21(15-18-16-30(4)22-11-7-5-9-19(18)22)24(32)27-13-14-31-17-28-20-10-6-8-12-23(20)31/h5-12,16-17,21H,13-15H2,1-4H3,(H,27,32)(H,29,33)/t21-/m1/s1. The van der Waals surface area contributed by atoms with Crippen LogP contribution in [0, 0.1) is 0 Å². The van der Waals surface area contributed by atoms with Crippen molar-refractivity contribution >= 4 is 33.9 Å². The Labute approximate surface area is 198 Å². The molecule has 0 fully saturated rings. The van der Waals surface area contributed by atoms with Gasteiger partial charge >= 0.3 is 6.09 Å². The van der Waals surface area contributed by atoms with Crippen molar-refractivity contribution in [1.82, 2.24) is 24.8 Å². The predicted molar refractivity (Wildman–Crippen MR) is 133 cm³/mol. The lowest BCUT2D eigenvalue weighted by molar-refractivity contribution is -0.123. The molecule has 0 unspecified atom stereocenters. The molecular formula is C26H31N5O3. The van der Waals surface area contributed by atoms with Gasteiger partial charge in [-0.25, -0.2) is 9.78 Å². The van der Waals surface area contributed by atoms with E-state index in [0.29, 0.717) is 19.5 Å². The molecule has 34 heavy (non-hydrogen) atoms. The number of para-hydroxylation sites is 3. The maximum Gasteiger partial charge on any atom is 0.408 e. The minimum atomic E-state index is -0.778. The van der Waals surface area contributed by atoms with Crippen LogP contribution in [0.2, 0.25) is 0 Å². The molecule has 178 valence electrons. The minimum absolute atomic E-state index is 0.261. The monoisotopic (exact) mass is 461 g/mol. The van der Waals surface area contributed by atoms with E-state index in [0.717, 1.165) is 27.5 Å². The van der Waals surface area contributed by atoms with Crippen molar-refractivity contribution in [3.8, 4) is 0 Å². The number of amides is 2. The zero-order valence-corrected chi connectivity index (χ0v) is 20.0. The molecule has 2 aromatic heterocycles. The van der Waals surface area contributed by atoms with E-state index in [-0.39, 0.29) is 5.91 Å². The fourth-order valence-corrected chi connectivity index (χ4v) is 4.08. The number of hydrogen-bond acceptors (Lipinski definition) is 4. The first-order chi connectivity index (χ1) is 16.2. The summed E-state index contributed by atoms with van der Waals surface area (Å²) in [6, 6.07) is 15.1. The molecule has 4 aromatic rings. The summed E-state index contributed by atoms with van der Waals surface area (Å²) >= 11 is 0. The molecule has 0 bridgehead atoms. The molecule has 1 atom stereocenters. The normalized spacial score (nSPS) is 12.6. The lowest BCUT2D eigenvalue weighted by atomic mass is 10.0. The first-order valence-electron chi connectivity index (χ1n) is 11.4. The minimum Gasteiger partial charge on any atom is -0.444 e. The third-order valence-corrected chi connectivity index (χ3v) is 5.59. The molecule has 2 N–H and O–H groups in total. The Bertz CT molecular complexity index is 1310. The highest BCUT2D eigenvalue weighted by molar-refractivity contribution is 5.88. The van der Waals surface area contributed by atoms with Gasteiger partial charge in [0.1, 0.15) is 11.6 Å². The van der Waals surface area contributed by atoms with Crippen molar-refractivity contribution in [2.45, 2.75) is 45.4 Å². The van der Waals surface area contributed by atoms with Gasteiger partial charge in [-0.2, -0.15) is 0 Å². The van der Waals surface area contributed by atoms with E-state index in [4.69, 9.17) is 4.74 Å². The third kappa shape index (κ3) is 5.39. The molecule has 0 radical (unpaired) electrons. The largest absolute Gasteiger partial charge is 0.444 e. The first kappa shape index (κ1) is 23.4. The zero-order valence-electron chi connectivity index (χ0n) is 20.0. The number of carbonyl (C=O) groups is 2. The second kappa shape index (κ2) is 9.59. The van der Waals surface area contributed by atoms with Gasteiger partial charge in [-0.05, 0) is 44.5 Å². The molecule has 2 heterocycles. The summed E-state index contributed by atoms with van der Waals surface area (Å²) in [5, 5.41) is 6.79. The number of nitrogens with zero attached hydrogens (tertiary/aromatic N) is 3. The van der Waals surface area contributed by atoms with E-state index >= 15 is 0 Å². The van der Waals surface area contributed by atoms with E-state index in [1.807, 2.05) is 70.9 Å². The maximum atomic E-state index is 13.2. The number of carbonyl (C=O) groups excluding carboxylic acids is 2. The van der Waals surface area contributed by atoms with Crippen LogP contribution in [0.1, 0.15) is 26.3 Å². The Morgan fingerprint density at radius 2 is 1.76 bits per heavy atom. The second-order valence-electron chi connectivity index (χ2n) is 9.40. The number of hydrogen-bond donors (Lipinski definition) is 2. The average molecular weight is 462 g/mol. The molecule has 8 nitrogen and oxygen atoms in total. The lowest BCUT2D eigenvalue weighted by Crippen LogP contribution is -2.49. The summed E-state index contributed by atoms with van der Waals surface area (Å²) in [6.45, 7) is 6.35. The van der Waals surface area contributed by atoms with E-state index in [1.165, 1.54) is 0 Å². The number of aryl methyl sites for hydroxylation is 1. The van der Waals surface area contributed by atoms with Gasteiger partial charge < -0.3 is 24.5 Å². The van der Waals surface area contributed by atoms with Crippen LogP contribution in [-0.2, 0) is 29.5 Å². The van der Waals surface area contributed by atoms with E-state index in [1.54, 1.807) is 27.1 Å². The lowest BCUT2D eigenvalue weighted by Gasteiger charge is -2.23. The molecule has 0 saturated carbocycles. The van der Waals surface area contributed by atoms with Crippen LogP contribution in [0.15, 0.2) is 61.1 Å². The van der Waals surface area contributed by atoms with Gasteiger partial charge in [-0.3, -0.25) is 4.79 Å². The van der Waals surface area contributed by atoms with Crippen LogP contribution >= 0.6 is 0 Å². The molecule has 0 aliphatic heterocycles. The van der Waals surface area contributed by atoms with Crippen LogP contribution < -0.4 is 10.6 Å². The van der Waals surface area contributed by atoms with Gasteiger partial charge in [0.2, 0.25) is 5.91 Å². The van der Waals surface area contributed by atoms with Crippen molar-refractivity contribution in [3.05, 3.63) is 66.6 Å². The summed E-state index contributed by atoms with van der Waals surface area (Å²) in [4.78, 5) is 30.1. The number of nitrogens with one attached hydrogen (secondary N) is 2. The summed E-state index contributed by atoms with van der Waals surface area (Å²) in [7, 11) is 1.97. The van der Waals surface area contributed by atoms with Crippen LogP contribution in [0.3, 0.4) is 0 Å². The quantitative estimate of drug-likeness (QED) is 0.438. The predicted octanol–water partition coefficient (Wildman–Crippen LogP) is 3.78. The number of imidazole rings is 1. The Balaban J connectivity index is 1.48. The molecule has 0 aliphatic rings. The highest BCUT2D eigenvalue weighted by Gasteiger charge is 2.25. The van der Waals surface area contributed by atoms with Crippen molar-refractivity contribution < 1.29 is 14.3 Å². The summed E-state index contributed by atoms with van der Waals surface area (Å²) < 4.78 is 9.43. The number of fused-ring (bicyclic) bond motifs is 2. The van der Waals surface area contributed by atoms with Crippen molar-refractivity contribution in [3.63, 3.8) is 0 Å². The Morgan fingerprint density at radius 3 is 2.53 bits per heavy atom. The average Bonchev–Trinajstić information content (AvgIpc) is 3.33. The highest BCUT2D eigenvalue weighted by atomic mass is 16.6. The van der Waals surface area contributed by atoms with Crippen molar-refractivity contribution in [2.24, 2.45) is 7.05 Å². The summed E-state index contributed by atoms with van der Waals surface area (Å²) in [5.74, 6) is -0.261. The molecule has 0 saturated heterocycles. The van der Waals surface area contributed by atoms with Crippen molar-refractivity contribution in [1.29, 1.82) is 0 Å². The number of benzene rings is 2. The summed E-state index contributed by atoms with van der Waals surface area (Å²) in [6.07, 6.45) is 3.50. The van der Waals surface area contributed by atoms with Gasteiger partial charge in [0.05, 0.1) is 17.4 Å². The van der Waals surface area contributed by atoms with Crippen LogP contribution in [0.25, 0.3) is 21.9 Å².